The number of hydrogen-bond donors (Lipinski definition) is 1. The van der Waals surface area contributed by atoms with Crippen LogP contribution >= 0.6 is 0 Å². The van der Waals surface area contributed by atoms with Crippen molar-refractivity contribution in [3.63, 3.8) is 0 Å². The fourth-order valence-electron chi connectivity index (χ4n) is 0.727. The highest BCUT2D eigenvalue weighted by Gasteiger charge is 2.01. The lowest BCUT2D eigenvalue weighted by Crippen LogP contribution is -1.93. The smallest absolute Gasteiger partial charge is 0.199 e. The third-order valence-electron chi connectivity index (χ3n) is 1.33. The average molecular weight is 163 g/mol. The Kier molecular flexibility index (Phi) is 2.47. The molecule has 0 aliphatic carbocycles. The summed E-state index contributed by atoms with van der Waals surface area (Å²) in [6.07, 6.45) is 0. The number of hydrogen-bond acceptors (Lipinski definition) is 5. The van der Waals surface area contributed by atoms with Crippen molar-refractivity contribution in [1.82, 2.24) is 10.2 Å². The lowest BCUT2D eigenvalue weighted by atomic mass is 10.4. The monoisotopic (exact) mass is 163 g/mol. The maximum Gasteiger partial charge on any atom is 0.199 e. The SMILES string of the molecule is C=Nc1cc(NC)nnc1N=C. The van der Waals surface area contributed by atoms with E-state index in [0.717, 1.165) is 0 Å². The number of nitrogens with zero attached hydrogens (tertiary/aromatic N) is 4. The zero-order valence-electron chi connectivity index (χ0n) is 6.78. The maximum absolute atomic E-state index is 3.79. The maximum atomic E-state index is 3.79. The van der Waals surface area contributed by atoms with Crippen LogP contribution in [0.1, 0.15) is 0 Å². The molecule has 1 aromatic heterocycles. The van der Waals surface area contributed by atoms with Crippen molar-refractivity contribution < 1.29 is 0 Å². The van der Waals surface area contributed by atoms with E-state index in [1.807, 2.05) is 0 Å². The molecule has 62 valence electrons. The number of anilines is 1. The molecule has 0 bridgehead atoms. The predicted octanol–water partition coefficient (Wildman–Crippen LogP) is 1.18. The van der Waals surface area contributed by atoms with E-state index in [9.17, 15) is 0 Å². The molecule has 0 aromatic carbocycles. The van der Waals surface area contributed by atoms with Gasteiger partial charge in [-0.3, -0.25) is 4.99 Å². The Balaban J connectivity index is 3.18. The molecule has 0 fully saturated rings. The molecule has 0 aliphatic heterocycles. The van der Waals surface area contributed by atoms with E-state index in [-0.39, 0.29) is 0 Å². The molecule has 0 saturated carbocycles. The van der Waals surface area contributed by atoms with Crippen LogP contribution in [0, 0.1) is 0 Å². The van der Waals surface area contributed by atoms with Gasteiger partial charge in [0, 0.05) is 13.1 Å². The lowest BCUT2D eigenvalue weighted by Gasteiger charge is -2.00. The first kappa shape index (κ1) is 8.32. The van der Waals surface area contributed by atoms with Gasteiger partial charge in [0.2, 0.25) is 0 Å². The van der Waals surface area contributed by atoms with Gasteiger partial charge in [0.25, 0.3) is 0 Å². The molecular weight excluding hydrogens is 154 g/mol. The Hall–Kier alpha value is -1.78. The molecule has 0 aliphatic rings. The van der Waals surface area contributed by atoms with Crippen LogP contribution in [0.3, 0.4) is 0 Å². The van der Waals surface area contributed by atoms with Crippen LogP contribution in [0.5, 0.6) is 0 Å². The quantitative estimate of drug-likeness (QED) is 0.680. The van der Waals surface area contributed by atoms with Gasteiger partial charge in [0.15, 0.2) is 11.6 Å². The minimum Gasteiger partial charge on any atom is -0.372 e. The van der Waals surface area contributed by atoms with Gasteiger partial charge in [-0.05, 0) is 13.4 Å². The molecule has 0 saturated heterocycles. The van der Waals surface area contributed by atoms with E-state index in [1.165, 1.54) is 0 Å². The summed E-state index contributed by atoms with van der Waals surface area (Å²) < 4.78 is 0. The Bertz CT molecular complexity index is 307. The van der Waals surface area contributed by atoms with Gasteiger partial charge >= 0.3 is 0 Å². The van der Waals surface area contributed by atoms with Crippen LogP contribution in [-0.2, 0) is 0 Å². The second-order valence-electron chi connectivity index (χ2n) is 2.00. The fraction of sp³-hybridized carbons (Fsp3) is 0.143. The van der Waals surface area contributed by atoms with Crippen LogP contribution in [-0.4, -0.2) is 30.7 Å². The molecule has 0 spiro atoms. The Morgan fingerprint density at radius 3 is 2.58 bits per heavy atom. The summed E-state index contributed by atoms with van der Waals surface area (Å²) in [6.45, 7) is 6.72. The first-order chi connectivity index (χ1) is 5.81. The number of rotatable bonds is 3. The van der Waals surface area contributed by atoms with E-state index < -0.39 is 0 Å². The summed E-state index contributed by atoms with van der Waals surface area (Å²) in [7, 11) is 1.75. The molecular formula is C7H9N5. The standard InChI is InChI=1S/C7H9N5/c1-8-5-4-6(9-2)11-12-7(5)10-3/h4H,1,3H2,2H3,(H,9,11). The fourth-order valence-corrected chi connectivity index (χ4v) is 0.727. The van der Waals surface area contributed by atoms with Gasteiger partial charge in [0.1, 0.15) is 5.69 Å². The topological polar surface area (TPSA) is 62.5 Å². The van der Waals surface area contributed by atoms with E-state index in [0.29, 0.717) is 17.3 Å². The van der Waals surface area contributed by atoms with Gasteiger partial charge in [-0.15, -0.1) is 10.2 Å². The van der Waals surface area contributed by atoms with Crippen LogP contribution in [0.2, 0.25) is 0 Å². The number of aliphatic imine (C=N–C) groups is 2. The second kappa shape index (κ2) is 3.56. The molecule has 5 heteroatoms. The van der Waals surface area contributed by atoms with Gasteiger partial charge in [-0.1, -0.05) is 0 Å². The van der Waals surface area contributed by atoms with Crippen molar-refractivity contribution in [2.24, 2.45) is 9.98 Å². The highest BCUT2D eigenvalue weighted by atomic mass is 15.2. The van der Waals surface area contributed by atoms with Crippen LogP contribution < -0.4 is 5.32 Å². The van der Waals surface area contributed by atoms with Crippen molar-refractivity contribution in [3.05, 3.63) is 6.07 Å². The summed E-state index contributed by atoms with van der Waals surface area (Å²) in [5.41, 5.74) is 0.573. The zero-order valence-corrected chi connectivity index (χ0v) is 6.78. The molecule has 0 amide bonds. The first-order valence-corrected chi connectivity index (χ1v) is 3.30. The predicted molar refractivity (Wildman–Crippen MR) is 50.0 cm³/mol. The molecule has 1 aromatic rings. The highest BCUT2D eigenvalue weighted by molar-refractivity contribution is 5.65. The summed E-state index contributed by atoms with van der Waals surface area (Å²) >= 11 is 0. The van der Waals surface area contributed by atoms with Gasteiger partial charge in [-0.2, -0.15) is 0 Å². The van der Waals surface area contributed by atoms with Gasteiger partial charge < -0.3 is 5.32 Å². The molecule has 0 radical (unpaired) electrons. The third-order valence-corrected chi connectivity index (χ3v) is 1.33. The van der Waals surface area contributed by atoms with Crippen molar-refractivity contribution in [1.29, 1.82) is 0 Å². The van der Waals surface area contributed by atoms with Crippen molar-refractivity contribution in [2.45, 2.75) is 0 Å². The molecule has 1 rings (SSSR count). The minimum absolute atomic E-state index is 0.393. The van der Waals surface area contributed by atoms with Crippen molar-refractivity contribution >= 4 is 30.8 Å². The Labute approximate surface area is 70.3 Å². The summed E-state index contributed by atoms with van der Waals surface area (Å²) in [5.74, 6) is 1.02. The minimum atomic E-state index is 0.393. The van der Waals surface area contributed by atoms with E-state index in [1.54, 1.807) is 13.1 Å². The summed E-state index contributed by atoms with van der Waals surface area (Å²) in [5, 5.41) is 10.4. The van der Waals surface area contributed by atoms with Gasteiger partial charge in [-0.25, -0.2) is 4.99 Å². The van der Waals surface area contributed by atoms with Gasteiger partial charge in [0.05, 0.1) is 0 Å². The van der Waals surface area contributed by atoms with Crippen molar-refractivity contribution in [2.75, 3.05) is 12.4 Å². The Morgan fingerprint density at radius 2 is 2.08 bits per heavy atom. The first-order valence-electron chi connectivity index (χ1n) is 3.30. The van der Waals surface area contributed by atoms with Crippen LogP contribution in [0.15, 0.2) is 16.1 Å². The van der Waals surface area contributed by atoms with E-state index in [2.05, 4.69) is 38.9 Å². The largest absolute Gasteiger partial charge is 0.372 e. The summed E-state index contributed by atoms with van der Waals surface area (Å²) in [6, 6.07) is 1.70. The normalized spacial score (nSPS) is 9.08. The number of nitrogens with one attached hydrogen (secondary N) is 1. The third kappa shape index (κ3) is 1.45. The average Bonchev–Trinajstić information content (AvgIpc) is 2.16. The molecule has 1 N–H and O–H groups in total. The molecule has 12 heavy (non-hydrogen) atoms. The molecule has 5 nitrogen and oxygen atoms in total. The highest BCUT2D eigenvalue weighted by Crippen LogP contribution is 2.25. The molecule has 0 atom stereocenters. The van der Waals surface area contributed by atoms with Crippen molar-refractivity contribution in [3.8, 4) is 0 Å². The van der Waals surface area contributed by atoms with Crippen LogP contribution in [0.25, 0.3) is 0 Å². The zero-order chi connectivity index (χ0) is 8.97. The van der Waals surface area contributed by atoms with E-state index in [4.69, 9.17) is 0 Å². The van der Waals surface area contributed by atoms with Crippen LogP contribution in [0.4, 0.5) is 17.3 Å². The number of aromatic nitrogens is 2. The Morgan fingerprint density at radius 1 is 1.33 bits per heavy atom. The molecule has 0 unspecified atom stereocenters. The molecule has 1 heterocycles. The summed E-state index contributed by atoms with van der Waals surface area (Å²) in [4.78, 5) is 7.36. The lowest BCUT2D eigenvalue weighted by molar-refractivity contribution is 1.02. The van der Waals surface area contributed by atoms with E-state index >= 15 is 0 Å². The second-order valence-corrected chi connectivity index (χ2v) is 2.00.